The first-order valence-corrected chi connectivity index (χ1v) is 7.22. The molecule has 3 aromatic rings. The molecular formula is C17H19N3O2. The standard InChI is InChI=1S/C17H19N3O2/c1-10-9-14(20-22-10)19-16(21)17(3,4)15-11(2)18-13-8-6-5-7-12(13)15/h5-9,18H,1-4H3,(H,19,20,21). The van der Waals surface area contributed by atoms with Gasteiger partial charge in [0.25, 0.3) is 0 Å². The number of aromatic amines is 1. The quantitative estimate of drug-likeness (QED) is 0.774. The van der Waals surface area contributed by atoms with Gasteiger partial charge in [0.15, 0.2) is 5.82 Å². The van der Waals surface area contributed by atoms with Gasteiger partial charge in [0.2, 0.25) is 5.91 Å². The van der Waals surface area contributed by atoms with Gasteiger partial charge in [-0.05, 0) is 39.3 Å². The van der Waals surface area contributed by atoms with E-state index < -0.39 is 5.41 Å². The summed E-state index contributed by atoms with van der Waals surface area (Å²) >= 11 is 0. The van der Waals surface area contributed by atoms with Gasteiger partial charge in [-0.2, -0.15) is 0 Å². The summed E-state index contributed by atoms with van der Waals surface area (Å²) in [6.07, 6.45) is 0. The van der Waals surface area contributed by atoms with Crippen LogP contribution in [-0.4, -0.2) is 16.0 Å². The molecule has 5 nitrogen and oxygen atoms in total. The van der Waals surface area contributed by atoms with E-state index in [-0.39, 0.29) is 5.91 Å². The molecular weight excluding hydrogens is 278 g/mol. The Kier molecular flexibility index (Phi) is 3.28. The van der Waals surface area contributed by atoms with Gasteiger partial charge in [0, 0.05) is 22.7 Å². The van der Waals surface area contributed by atoms with Gasteiger partial charge >= 0.3 is 0 Å². The summed E-state index contributed by atoms with van der Waals surface area (Å²) in [5.74, 6) is 0.984. The topological polar surface area (TPSA) is 70.9 Å². The Balaban J connectivity index is 2.00. The second kappa shape index (κ2) is 5.02. The average Bonchev–Trinajstić information content (AvgIpc) is 3.01. The number of hydrogen-bond acceptors (Lipinski definition) is 3. The summed E-state index contributed by atoms with van der Waals surface area (Å²) in [5.41, 5.74) is 2.34. The normalized spacial score (nSPS) is 11.8. The number of anilines is 1. The molecule has 22 heavy (non-hydrogen) atoms. The Labute approximate surface area is 128 Å². The van der Waals surface area contributed by atoms with Crippen LogP contribution in [0.5, 0.6) is 0 Å². The van der Waals surface area contributed by atoms with Gasteiger partial charge in [-0.15, -0.1) is 0 Å². The first-order valence-electron chi connectivity index (χ1n) is 7.22. The maximum Gasteiger partial charge on any atom is 0.235 e. The molecule has 0 spiro atoms. The van der Waals surface area contributed by atoms with E-state index in [2.05, 4.69) is 15.5 Å². The Morgan fingerprint density at radius 1 is 1.27 bits per heavy atom. The highest BCUT2D eigenvalue weighted by atomic mass is 16.5. The van der Waals surface area contributed by atoms with Crippen molar-refractivity contribution in [3.05, 3.63) is 47.3 Å². The monoisotopic (exact) mass is 297 g/mol. The van der Waals surface area contributed by atoms with Crippen LogP contribution in [0.1, 0.15) is 30.9 Å². The van der Waals surface area contributed by atoms with E-state index in [1.807, 2.05) is 45.0 Å². The number of fused-ring (bicyclic) bond motifs is 1. The highest BCUT2D eigenvalue weighted by molar-refractivity contribution is 6.01. The van der Waals surface area contributed by atoms with Gasteiger partial charge in [-0.25, -0.2) is 0 Å². The third-order valence-electron chi connectivity index (χ3n) is 3.96. The summed E-state index contributed by atoms with van der Waals surface area (Å²) in [4.78, 5) is 16.1. The molecule has 0 aliphatic carbocycles. The number of carbonyl (C=O) groups is 1. The molecule has 3 rings (SSSR count). The number of benzene rings is 1. The summed E-state index contributed by atoms with van der Waals surface area (Å²) in [7, 11) is 0. The van der Waals surface area contributed by atoms with Crippen molar-refractivity contribution in [2.45, 2.75) is 33.1 Å². The van der Waals surface area contributed by atoms with Gasteiger partial charge in [0.1, 0.15) is 5.76 Å². The minimum absolute atomic E-state index is 0.117. The number of rotatable bonds is 3. The average molecular weight is 297 g/mol. The Morgan fingerprint density at radius 2 is 2.00 bits per heavy atom. The molecule has 0 atom stereocenters. The van der Waals surface area contributed by atoms with Crippen LogP contribution in [0.25, 0.3) is 10.9 Å². The van der Waals surface area contributed by atoms with Crippen LogP contribution < -0.4 is 5.32 Å². The lowest BCUT2D eigenvalue weighted by molar-refractivity contribution is -0.120. The molecule has 0 saturated heterocycles. The lowest BCUT2D eigenvalue weighted by atomic mass is 9.82. The number of H-pyrrole nitrogens is 1. The van der Waals surface area contributed by atoms with E-state index in [1.54, 1.807) is 13.0 Å². The third-order valence-corrected chi connectivity index (χ3v) is 3.96. The van der Waals surface area contributed by atoms with Crippen LogP contribution in [0.3, 0.4) is 0 Å². The lowest BCUT2D eigenvalue weighted by Crippen LogP contribution is -2.35. The predicted molar refractivity (Wildman–Crippen MR) is 85.9 cm³/mol. The maximum absolute atomic E-state index is 12.7. The van der Waals surface area contributed by atoms with Crippen LogP contribution in [-0.2, 0) is 10.2 Å². The fourth-order valence-electron chi connectivity index (χ4n) is 2.89. The summed E-state index contributed by atoms with van der Waals surface area (Å²) in [5, 5.41) is 7.71. The number of nitrogens with one attached hydrogen (secondary N) is 2. The van der Waals surface area contributed by atoms with Crippen molar-refractivity contribution in [1.82, 2.24) is 10.1 Å². The largest absolute Gasteiger partial charge is 0.360 e. The third kappa shape index (κ3) is 2.28. The first kappa shape index (κ1) is 14.4. The summed E-state index contributed by atoms with van der Waals surface area (Å²) in [6, 6.07) is 9.71. The van der Waals surface area contributed by atoms with Crippen LogP contribution in [0.2, 0.25) is 0 Å². The number of carbonyl (C=O) groups excluding carboxylic acids is 1. The van der Waals surface area contributed by atoms with Gasteiger partial charge in [0.05, 0.1) is 5.41 Å². The highest BCUT2D eigenvalue weighted by Crippen LogP contribution is 2.34. The minimum atomic E-state index is -0.698. The van der Waals surface area contributed by atoms with E-state index in [1.165, 1.54) is 0 Å². The number of nitrogens with zero attached hydrogens (tertiary/aromatic N) is 1. The fourth-order valence-corrected chi connectivity index (χ4v) is 2.89. The lowest BCUT2D eigenvalue weighted by Gasteiger charge is -2.24. The van der Waals surface area contributed by atoms with Crippen molar-refractivity contribution < 1.29 is 9.32 Å². The van der Waals surface area contributed by atoms with Crippen molar-refractivity contribution in [1.29, 1.82) is 0 Å². The van der Waals surface area contributed by atoms with E-state index >= 15 is 0 Å². The molecule has 2 aromatic heterocycles. The number of aryl methyl sites for hydroxylation is 2. The maximum atomic E-state index is 12.7. The zero-order chi connectivity index (χ0) is 15.9. The van der Waals surface area contributed by atoms with Crippen molar-refractivity contribution >= 4 is 22.6 Å². The predicted octanol–water partition coefficient (Wildman–Crippen LogP) is 3.69. The van der Waals surface area contributed by atoms with Crippen LogP contribution in [0, 0.1) is 13.8 Å². The van der Waals surface area contributed by atoms with Crippen molar-refractivity contribution in [2.24, 2.45) is 0 Å². The van der Waals surface area contributed by atoms with E-state index in [4.69, 9.17) is 4.52 Å². The number of para-hydroxylation sites is 1. The molecule has 0 saturated carbocycles. The van der Waals surface area contributed by atoms with Crippen LogP contribution in [0.4, 0.5) is 5.82 Å². The summed E-state index contributed by atoms with van der Waals surface area (Å²) < 4.78 is 4.99. The molecule has 0 fully saturated rings. The van der Waals surface area contributed by atoms with E-state index in [9.17, 15) is 4.79 Å². The molecule has 0 bridgehead atoms. The Bertz CT molecular complexity index is 843. The molecule has 2 heterocycles. The molecule has 1 aromatic carbocycles. The van der Waals surface area contributed by atoms with Gasteiger partial charge in [-0.3, -0.25) is 4.79 Å². The van der Waals surface area contributed by atoms with Crippen molar-refractivity contribution in [2.75, 3.05) is 5.32 Å². The first-order chi connectivity index (χ1) is 10.4. The smallest absolute Gasteiger partial charge is 0.235 e. The zero-order valence-corrected chi connectivity index (χ0v) is 13.2. The molecule has 114 valence electrons. The number of hydrogen-bond donors (Lipinski definition) is 2. The second-order valence-corrected chi connectivity index (χ2v) is 6.07. The molecule has 1 amide bonds. The number of amides is 1. The second-order valence-electron chi connectivity index (χ2n) is 6.07. The highest BCUT2D eigenvalue weighted by Gasteiger charge is 2.34. The Hall–Kier alpha value is -2.56. The van der Waals surface area contributed by atoms with Crippen LogP contribution in [0.15, 0.2) is 34.9 Å². The molecule has 0 unspecified atom stereocenters. The minimum Gasteiger partial charge on any atom is -0.360 e. The molecule has 5 heteroatoms. The molecule has 0 radical (unpaired) electrons. The molecule has 2 N–H and O–H groups in total. The Morgan fingerprint density at radius 3 is 2.68 bits per heavy atom. The molecule has 0 aliphatic rings. The van der Waals surface area contributed by atoms with Gasteiger partial charge < -0.3 is 14.8 Å². The molecule has 0 aliphatic heterocycles. The van der Waals surface area contributed by atoms with Gasteiger partial charge in [-0.1, -0.05) is 23.4 Å². The van der Waals surface area contributed by atoms with Crippen molar-refractivity contribution in [3.63, 3.8) is 0 Å². The van der Waals surface area contributed by atoms with E-state index in [0.717, 1.165) is 22.2 Å². The van der Waals surface area contributed by atoms with Crippen LogP contribution >= 0.6 is 0 Å². The zero-order valence-electron chi connectivity index (χ0n) is 13.2. The summed E-state index contributed by atoms with van der Waals surface area (Å²) in [6.45, 7) is 7.61. The SMILES string of the molecule is Cc1cc(NC(=O)C(C)(C)c2c(C)[nH]c3ccccc23)no1. The number of aromatic nitrogens is 2. The van der Waals surface area contributed by atoms with E-state index in [0.29, 0.717) is 11.6 Å². The van der Waals surface area contributed by atoms with Crippen molar-refractivity contribution in [3.8, 4) is 0 Å². The fraction of sp³-hybridized carbons (Fsp3) is 0.294.